The molecule has 24 heavy (non-hydrogen) atoms. The lowest BCUT2D eigenvalue weighted by Crippen LogP contribution is -2.37. The van der Waals surface area contributed by atoms with Gasteiger partial charge >= 0.3 is 0 Å². The zero-order valence-electron chi connectivity index (χ0n) is 15.1. The van der Waals surface area contributed by atoms with Crippen LogP contribution in [0.2, 0.25) is 0 Å². The molecule has 0 radical (unpaired) electrons. The van der Waals surface area contributed by atoms with Crippen LogP contribution in [0.1, 0.15) is 56.8 Å². The summed E-state index contributed by atoms with van der Waals surface area (Å²) in [6.45, 7) is 8.83. The number of rotatable bonds is 5. The molecular formula is C21H27NO2. The molecular weight excluding hydrogens is 298 g/mol. The van der Waals surface area contributed by atoms with Gasteiger partial charge in [-0.2, -0.15) is 0 Å². The molecule has 0 N–H and O–H groups in total. The number of hydrogen-bond acceptors (Lipinski definition) is 2. The number of amides is 2. The molecule has 1 heterocycles. The third kappa shape index (κ3) is 3.17. The summed E-state index contributed by atoms with van der Waals surface area (Å²) in [4.78, 5) is 26.1. The number of hydrogen-bond donors (Lipinski definition) is 0. The Morgan fingerprint density at radius 2 is 1.71 bits per heavy atom. The number of carbonyl (C=O) groups excluding carboxylic acids is 2. The van der Waals surface area contributed by atoms with Crippen LogP contribution in [-0.2, 0) is 22.4 Å². The van der Waals surface area contributed by atoms with Gasteiger partial charge in [0.15, 0.2) is 0 Å². The van der Waals surface area contributed by atoms with Crippen LogP contribution in [0.25, 0.3) is 0 Å². The number of fused-ring (bicyclic) bond motifs is 1. The van der Waals surface area contributed by atoms with Crippen molar-refractivity contribution in [1.82, 2.24) is 4.90 Å². The smallest absolute Gasteiger partial charge is 0.254 e. The van der Waals surface area contributed by atoms with Gasteiger partial charge in [-0.25, -0.2) is 0 Å². The third-order valence-electron chi connectivity index (χ3n) is 5.00. The summed E-state index contributed by atoms with van der Waals surface area (Å²) in [5.74, 6) is 1.12. The molecule has 0 bridgehead atoms. The van der Waals surface area contributed by atoms with Crippen molar-refractivity contribution in [2.45, 2.75) is 53.0 Å². The normalized spacial score (nSPS) is 23.0. The van der Waals surface area contributed by atoms with Gasteiger partial charge in [-0.3, -0.25) is 14.5 Å². The third-order valence-corrected chi connectivity index (χ3v) is 5.00. The quantitative estimate of drug-likeness (QED) is 0.765. The Hall–Kier alpha value is -1.90. The van der Waals surface area contributed by atoms with E-state index in [1.807, 2.05) is 0 Å². The first-order valence-electron chi connectivity index (χ1n) is 9.03. The monoisotopic (exact) mass is 325 g/mol. The minimum Gasteiger partial charge on any atom is -0.269 e. The summed E-state index contributed by atoms with van der Waals surface area (Å²) >= 11 is 0. The highest BCUT2D eigenvalue weighted by Crippen LogP contribution is 2.44. The standard InChI is InChI=1S/C21H27NO2/c1-13(2)9-15-5-6-16-12-17(10-14(3)4)21(18(16)11-15)22-19(23)7-8-20(22)24/h5-8,11,13-14,17,21H,9-10,12H2,1-4H3/t17-,21-/m0/s1. The Morgan fingerprint density at radius 1 is 1.04 bits per heavy atom. The van der Waals surface area contributed by atoms with Gasteiger partial charge in [0.25, 0.3) is 11.8 Å². The van der Waals surface area contributed by atoms with Gasteiger partial charge in [-0.05, 0) is 53.7 Å². The topological polar surface area (TPSA) is 37.4 Å². The lowest BCUT2D eigenvalue weighted by Gasteiger charge is -2.30. The van der Waals surface area contributed by atoms with Crippen LogP contribution >= 0.6 is 0 Å². The molecule has 0 unspecified atom stereocenters. The predicted molar refractivity (Wildman–Crippen MR) is 95.4 cm³/mol. The van der Waals surface area contributed by atoms with E-state index in [0.717, 1.165) is 19.3 Å². The van der Waals surface area contributed by atoms with Crippen molar-refractivity contribution in [3.05, 3.63) is 47.0 Å². The van der Waals surface area contributed by atoms with Crippen LogP contribution < -0.4 is 0 Å². The van der Waals surface area contributed by atoms with Gasteiger partial charge in [-0.1, -0.05) is 45.9 Å². The number of carbonyl (C=O) groups is 2. The molecule has 128 valence electrons. The van der Waals surface area contributed by atoms with E-state index >= 15 is 0 Å². The van der Waals surface area contributed by atoms with Crippen molar-refractivity contribution in [2.24, 2.45) is 17.8 Å². The zero-order chi connectivity index (χ0) is 17.4. The molecule has 2 amide bonds. The van der Waals surface area contributed by atoms with Crippen molar-refractivity contribution < 1.29 is 9.59 Å². The largest absolute Gasteiger partial charge is 0.269 e. The van der Waals surface area contributed by atoms with E-state index < -0.39 is 0 Å². The Bertz CT molecular complexity index is 669. The number of nitrogens with zero attached hydrogens (tertiary/aromatic N) is 1. The first kappa shape index (κ1) is 16.9. The van der Waals surface area contributed by atoms with Gasteiger partial charge in [0.1, 0.15) is 0 Å². The van der Waals surface area contributed by atoms with Crippen molar-refractivity contribution in [2.75, 3.05) is 0 Å². The van der Waals surface area contributed by atoms with Crippen LogP contribution in [0.3, 0.4) is 0 Å². The van der Waals surface area contributed by atoms with Crippen LogP contribution in [0, 0.1) is 17.8 Å². The zero-order valence-corrected chi connectivity index (χ0v) is 15.1. The Kier molecular flexibility index (Phi) is 4.62. The fourth-order valence-electron chi connectivity index (χ4n) is 4.21. The van der Waals surface area contributed by atoms with Crippen LogP contribution in [0.5, 0.6) is 0 Å². The Morgan fingerprint density at radius 3 is 2.29 bits per heavy atom. The lowest BCUT2D eigenvalue weighted by atomic mass is 9.89. The molecule has 2 aliphatic rings. The van der Waals surface area contributed by atoms with E-state index in [9.17, 15) is 9.59 Å². The molecule has 1 aromatic rings. The molecule has 3 nitrogen and oxygen atoms in total. The number of benzene rings is 1. The second-order valence-corrected chi connectivity index (χ2v) is 8.05. The average Bonchev–Trinajstić information content (AvgIpc) is 2.97. The van der Waals surface area contributed by atoms with E-state index in [0.29, 0.717) is 17.8 Å². The van der Waals surface area contributed by atoms with Crippen molar-refractivity contribution >= 4 is 11.8 Å². The molecule has 0 saturated heterocycles. The fourth-order valence-corrected chi connectivity index (χ4v) is 4.21. The van der Waals surface area contributed by atoms with Crippen LogP contribution in [-0.4, -0.2) is 16.7 Å². The molecule has 1 aliphatic heterocycles. The van der Waals surface area contributed by atoms with Gasteiger partial charge in [0, 0.05) is 12.2 Å². The van der Waals surface area contributed by atoms with Crippen molar-refractivity contribution in [1.29, 1.82) is 0 Å². The Labute approximate surface area is 144 Å². The Balaban J connectivity index is 1.99. The second kappa shape index (κ2) is 6.54. The first-order valence-corrected chi connectivity index (χ1v) is 9.03. The summed E-state index contributed by atoms with van der Waals surface area (Å²) in [5, 5.41) is 0. The van der Waals surface area contributed by atoms with E-state index in [1.54, 1.807) is 0 Å². The molecule has 2 atom stereocenters. The summed E-state index contributed by atoms with van der Waals surface area (Å²) < 4.78 is 0. The first-order chi connectivity index (χ1) is 11.4. The molecule has 3 heteroatoms. The SMILES string of the molecule is CC(C)Cc1ccc2c(c1)[C@@H](N1C(=O)C=CC1=O)[C@@H](CC(C)C)C2. The summed E-state index contributed by atoms with van der Waals surface area (Å²) in [7, 11) is 0. The summed E-state index contributed by atoms with van der Waals surface area (Å²) in [5.41, 5.74) is 3.78. The molecule has 1 aromatic carbocycles. The lowest BCUT2D eigenvalue weighted by molar-refractivity contribution is -0.140. The molecule has 0 saturated carbocycles. The van der Waals surface area contributed by atoms with Crippen LogP contribution in [0.4, 0.5) is 0 Å². The van der Waals surface area contributed by atoms with Crippen LogP contribution in [0.15, 0.2) is 30.4 Å². The maximum absolute atomic E-state index is 12.3. The van der Waals surface area contributed by atoms with Crippen molar-refractivity contribution in [3.63, 3.8) is 0 Å². The van der Waals surface area contributed by atoms with Gasteiger partial charge < -0.3 is 0 Å². The predicted octanol–water partition coefficient (Wildman–Crippen LogP) is 4.07. The van der Waals surface area contributed by atoms with Gasteiger partial charge in [0.2, 0.25) is 0 Å². The minimum atomic E-state index is -0.166. The van der Waals surface area contributed by atoms with Gasteiger partial charge in [-0.15, -0.1) is 0 Å². The second-order valence-electron chi connectivity index (χ2n) is 8.05. The van der Waals surface area contributed by atoms with E-state index in [4.69, 9.17) is 0 Å². The molecule has 0 spiro atoms. The average molecular weight is 325 g/mol. The van der Waals surface area contributed by atoms with E-state index in [1.165, 1.54) is 33.7 Å². The maximum Gasteiger partial charge on any atom is 0.254 e. The maximum atomic E-state index is 12.3. The highest BCUT2D eigenvalue weighted by molar-refractivity contribution is 6.13. The highest BCUT2D eigenvalue weighted by Gasteiger charge is 2.42. The highest BCUT2D eigenvalue weighted by atomic mass is 16.2. The fraction of sp³-hybridized carbons (Fsp3) is 0.524. The van der Waals surface area contributed by atoms with E-state index in [2.05, 4.69) is 45.9 Å². The summed E-state index contributed by atoms with van der Waals surface area (Å²) in [6.07, 6.45) is 5.82. The number of imide groups is 1. The minimum absolute atomic E-state index is 0.107. The van der Waals surface area contributed by atoms with E-state index in [-0.39, 0.29) is 17.9 Å². The molecule has 0 fully saturated rings. The van der Waals surface area contributed by atoms with Crippen molar-refractivity contribution in [3.8, 4) is 0 Å². The summed E-state index contributed by atoms with van der Waals surface area (Å²) in [6, 6.07) is 6.54. The molecule has 1 aliphatic carbocycles. The molecule has 0 aromatic heterocycles. The van der Waals surface area contributed by atoms with Gasteiger partial charge in [0.05, 0.1) is 6.04 Å². The molecule has 3 rings (SSSR count).